The van der Waals surface area contributed by atoms with Crippen LogP contribution in [-0.4, -0.2) is 9.97 Å². The van der Waals surface area contributed by atoms with Gasteiger partial charge in [0.15, 0.2) is 0 Å². The summed E-state index contributed by atoms with van der Waals surface area (Å²) in [6, 6.07) is 7.98. The normalized spacial score (nSPS) is 9.75. The molecule has 0 unspecified atom stereocenters. The molecule has 2 nitrogen and oxygen atoms in total. The number of hydrogen-bond donors (Lipinski definition) is 1. The van der Waals surface area contributed by atoms with E-state index in [-0.39, 0.29) is 32.7 Å². The summed E-state index contributed by atoms with van der Waals surface area (Å²) in [6.07, 6.45) is 0.717. The van der Waals surface area contributed by atoms with Crippen LogP contribution >= 0.6 is 0 Å². The molecule has 1 N–H and O–H groups in total. The number of nitrogens with one attached hydrogen (secondary N) is 1. The zero-order chi connectivity index (χ0) is 7.68. The Balaban J connectivity index is 0.000000720. The van der Waals surface area contributed by atoms with Crippen LogP contribution in [0.15, 0.2) is 24.3 Å². The monoisotopic (exact) mass is 234 g/mol. The van der Waals surface area contributed by atoms with Gasteiger partial charge in [-0.15, -0.1) is 6.42 Å². The molecule has 1 aromatic heterocycles. The van der Waals surface area contributed by atoms with Gasteiger partial charge in [0.2, 0.25) is 0 Å². The van der Waals surface area contributed by atoms with Crippen molar-refractivity contribution in [1.82, 2.24) is 9.97 Å². The average Bonchev–Trinajstić information content (AvgIpc) is 2.46. The molecule has 59 valence electrons. The van der Waals surface area contributed by atoms with Gasteiger partial charge in [0, 0.05) is 32.7 Å². The maximum Gasteiger partial charge on any atom is 0.0884 e. The Kier molecular flexibility index (Phi) is 3.42. The summed E-state index contributed by atoms with van der Waals surface area (Å²) in [4.78, 5) is 7.48. The van der Waals surface area contributed by atoms with Crippen LogP contribution in [0.2, 0.25) is 0 Å². The number of aromatic amines is 1. The molecule has 0 fully saturated rings. The predicted octanol–water partition coefficient (Wildman–Crippen LogP) is 1.94. The first-order valence-electron chi connectivity index (χ1n) is 3.63. The molecular weight excluding hydrogens is 225 g/mol. The van der Waals surface area contributed by atoms with E-state index in [9.17, 15) is 0 Å². The maximum atomic E-state index is 4.31. The second-order valence-electron chi connectivity index (χ2n) is 2.45. The van der Waals surface area contributed by atoms with Crippen LogP contribution in [0, 0.1) is 6.92 Å². The molecule has 2 aromatic rings. The van der Waals surface area contributed by atoms with E-state index in [1.165, 1.54) is 0 Å². The standard InChI is InChI=1S/C9H9N2.Y/c1-2-9-10-7-5-3-4-6-8(7)11-9;/h3-6H,1-2H2,(H,10,11);/q-1;. The molecular formula is C9H9N2Y-. The minimum absolute atomic E-state index is 0. The van der Waals surface area contributed by atoms with E-state index in [1.807, 2.05) is 24.3 Å². The molecule has 0 bridgehead atoms. The van der Waals surface area contributed by atoms with Crippen molar-refractivity contribution in [3.63, 3.8) is 0 Å². The van der Waals surface area contributed by atoms with E-state index in [4.69, 9.17) is 0 Å². The van der Waals surface area contributed by atoms with Gasteiger partial charge in [-0.25, -0.2) is 4.98 Å². The molecule has 0 saturated carbocycles. The van der Waals surface area contributed by atoms with Gasteiger partial charge in [0.25, 0.3) is 0 Å². The Morgan fingerprint density at radius 2 is 2.08 bits per heavy atom. The third-order valence-electron chi connectivity index (χ3n) is 1.68. The van der Waals surface area contributed by atoms with E-state index >= 15 is 0 Å². The quantitative estimate of drug-likeness (QED) is 0.750. The molecule has 0 atom stereocenters. The third kappa shape index (κ3) is 1.75. The van der Waals surface area contributed by atoms with E-state index < -0.39 is 0 Å². The summed E-state index contributed by atoms with van der Waals surface area (Å²) in [5, 5.41) is 0. The number of H-pyrrole nitrogens is 1. The van der Waals surface area contributed by atoms with Crippen LogP contribution in [0.3, 0.4) is 0 Å². The van der Waals surface area contributed by atoms with Crippen LogP contribution < -0.4 is 0 Å². The molecule has 3 heteroatoms. The molecule has 0 aliphatic heterocycles. The van der Waals surface area contributed by atoms with Crippen molar-refractivity contribution in [1.29, 1.82) is 0 Å². The first-order valence-corrected chi connectivity index (χ1v) is 3.63. The SMILES string of the molecule is [CH2-]Cc1nc2ccccc2[nH]1.[Y]. The molecule has 1 heterocycles. The van der Waals surface area contributed by atoms with Gasteiger partial charge in [0.05, 0.1) is 16.9 Å². The fraction of sp³-hybridized carbons (Fsp3) is 0.111. The molecule has 0 amide bonds. The zero-order valence-electron chi connectivity index (χ0n) is 6.75. The largest absolute Gasteiger partial charge is 0.344 e. The number of imidazole rings is 1. The molecule has 0 aliphatic carbocycles. The van der Waals surface area contributed by atoms with E-state index in [0.717, 1.165) is 16.9 Å². The number of hydrogen-bond acceptors (Lipinski definition) is 1. The van der Waals surface area contributed by atoms with Gasteiger partial charge in [0.1, 0.15) is 0 Å². The molecule has 0 aliphatic rings. The Morgan fingerprint density at radius 1 is 1.33 bits per heavy atom. The molecule has 2 rings (SSSR count). The number of rotatable bonds is 1. The van der Waals surface area contributed by atoms with Crippen LogP contribution in [0.25, 0.3) is 11.0 Å². The second kappa shape index (κ2) is 4.15. The Bertz CT molecular complexity index is 334. The molecule has 1 radical (unpaired) electrons. The van der Waals surface area contributed by atoms with Crippen LogP contribution in [0.4, 0.5) is 0 Å². The van der Waals surface area contributed by atoms with Crippen molar-refractivity contribution in [3.8, 4) is 0 Å². The van der Waals surface area contributed by atoms with Crippen molar-refractivity contribution in [2.24, 2.45) is 0 Å². The minimum Gasteiger partial charge on any atom is -0.344 e. The molecule has 1 aromatic carbocycles. The van der Waals surface area contributed by atoms with Gasteiger partial charge in [-0.1, -0.05) is 12.1 Å². The van der Waals surface area contributed by atoms with E-state index in [2.05, 4.69) is 16.9 Å². The van der Waals surface area contributed by atoms with Gasteiger partial charge in [-0.2, -0.15) is 0 Å². The zero-order valence-corrected chi connectivity index (χ0v) is 9.59. The average molecular weight is 234 g/mol. The number of nitrogens with zero attached hydrogens (tertiary/aromatic N) is 1. The van der Waals surface area contributed by atoms with Crippen LogP contribution in [-0.2, 0) is 39.1 Å². The summed E-state index contributed by atoms with van der Waals surface area (Å²) in [7, 11) is 0. The summed E-state index contributed by atoms with van der Waals surface area (Å²) in [5.74, 6) is 0.950. The molecule has 0 saturated heterocycles. The van der Waals surface area contributed by atoms with Gasteiger partial charge < -0.3 is 11.9 Å². The Morgan fingerprint density at radius 3 is 2.75 bits per heavy atom. The fourth-order valence-corrected chi connectivity index (χ4v) is 1.12. The number of benzene rings is 1. The van der Waals surface area contributed by atoms with Crippen molar-refractivity contribution >= 4 is 11.0 Å². The summed E-state index contributed by atoms with van der Waals surface area (Å²) >= 11 is 0. The van der Waals surface area contributed by atoms with Crippen molar-refractivity contribution < 1.29 is 32.7 Å². The maximum absolute atomic E-state index is 4.31. The van der Waals surface area contributed by atoms with Crippen molar-refractivity contribution in [2.45, 2.75) is 6.42 Å². The Labute approximate surface area is 96.7 Å². The molecule has 0 spiro atoms. The summed E-state index contributed by atoms with van der Waals surface area (Å²) < 4.78 is 0. The van der Waals surface area contributed by atoms with Crippen LogP contribution in [0.1, 0.15) is 5.82 Å². The summed E-state index contributed by atoms with van der Waals surface area (Å²) in [6.45, 7) is 3.76. The van der Waals surface area contributed by atoms with Gasteiger partial charge in [-0.3, -0.25) is 0 Å². The smallest absolute Gasteiger partial charge is 0.0884 e. The Hall–Kier alpha value is -0.206. The second-order valence-corrected chi connectivity index (χ2v) is 2.45. The topological polar surface area (TPSA) is 28.7 Å². The minimum atomic E-state index is 0. The summed E-state index contributed by atoms with van der Waals surface area (Å²) in [5.41, 5.74) is 2.11. The number of para-hydroxylation sites is 2. The first-order chi connectivity index (χ1) is 5.40. The number of fused-ring (bicyclic) bond motifs is 1. The predicted molar refractivity (Wildman–Crippen MR) is 45.2 cm³/mol. The van der Waals surface area contributed by atoms with Crippen molar-refractivity contribution in [2.75, 3.05) is 0 Å². The van der Waals surface area contributed by atoms with E-state index in [0.29, 0.717) is 6.42 Å². The first kappa shape index (κ1) is 9.88. The fourth-order valence-electron chi connectivity index (χ4n) is 1.12. The van der Waals surface area contributed by atoms with Gasteiger partial charge >= 0.3 is 0 Å². The van der Waals surface area contributed by atoms with E-state index in [1.54, 1.807) is 0 Å². The number of aromatic nitrogens is 2. The van der Waals surface area contributed by atoms with Crippen molar-refractivity contribution in [3.05, 3.63) is 37.0 Å². The third-order valence-corrected chi connectivity index (χ3v) is 1.68. The van der Waals surface area contributed by atoms with Crippen LogP contribution in [0.5, 0.6) is 0 Å². The molecule has 12 heavy (non-hydrogen) atoms. The van der Waals surface area contributed by atoms with Gasteiger partial charge in [-0.05, 0) is 12.1 Å².